The Morgan fingerprint density at radius 1 is 1.41 bits per heavy atom. The average Bonchev–Trinajstić information content (AvgIpc) is 2.66. The first kappa shape index (κ1) is 13.7. The normalized spacial score (nSPS) is 10.9. The summed E-state index contributed by atoms with van der Waals surface area (Å²) in [7, 11) is 0. The molecule has 1 aromatic heterocycles. The van der Waals surface area contributed by atoms with Gasteiger partial charge in [0.2, 0.25) is 5.76 Å². The van der Waals surface area contributed by atoms with Crippen molar-refractivity contribution in [2.45, 2.75) is 52.9 Å². The zero-order valence-electron chi connectivity index (χ0n) is 11.2. The molecule has 0 aliphatic rings. The number of carbonyl (C=O) groups is 1. The number of unbranched alkanes of at least 4 members (excludes halogenated alkanes) is 2. The molecular formula is C13H22N2O2. The van der Waals surface area contributed by atoms with Gasteiger partial charge in [0.15, 0.2) is 5.89 Å². The molecule has 1 N–H and O–H groups in total. The van der Waals surface area contributed by atoms with Gasteiger partial charge >= 0.3 is 0 Å². The van der Waals surface area contributed by atoms with Crippen molar-refractivity contribution in [2.24, 2.45) is 0 Å². The van der Waals surface area contributed by atoms with Crippen LogP contribution in [0.5, 0.6) is 0 Å². The molecule has 17 heavy (non-hydrogen) atoms. The third-order valence-electron chi connectivity index (χ3n) is 2.58. The summed E-state index contributed by atoms with van der Waals surface area (Å²) in [5, 5.41) is 2.87. The maximum Gasteiger partial charge on any atom is 0.289 e. The fourth-order valence-electron chi connectivity index (χ4n) is 1.65. The van der Waals surface area contributed by atoms with Crippen molar-refractivity contribution in [3.63, 3.8) is 0 Å². The van der Waals surface area contributed by atoms with E-state index in [0.717, 1.165) is 25.0 Å². The number of aryl methyl sites for hydroxylation is 1. The molecule has 0 aliphatic heterocycles. The minimum atomic E-state index is -0.148. The van der Waals surface area contributed by atoms with Crippen LogP contribution in [0.25, 0.3) is 0 Å². The van der Waals surface area contributed by atoms with Crippen molar-refractivity contribution in [1.82, 2.24) is 10.3 Å². The van der Waals surface area contributed by atoms with Crippen molar-refractivity contribution in [3.05, 3.63) is 17.3 Å². The first-order valence-corrected chi connectivity index (χ1v) is 6.31. The van der Waals surface area contributed by atoms with Crippen LogP contribution in [-0.4, -0.2) is 17.4 Å². The Kier molecular flexibility index (Phi) is 5.19. The Morgan fingerprint density at radius 2 is 2.12 bits per heavy atom. The second-order valence-electron chi connectivity index (χ2n) is 4.56. The molecule has 0 atom stereocenters. The first-order chi connectivity index (χ1) is 8.06. The summed E-state index contributed by atoms with van der Waals surface area (Å²) in [5.74, 6) is 0.968. The molecule has 1 amide bonds. The van der Waals surface area contributed by atoms with Crippen LogP contribution in [0.15, 0.2) is 4.42 Å². The Morgan fingerprint density at radius 3 is 2.71 bits per heavy atom. The van der Waals surface area contributed by atoms with Gasteiger partial charge in [-0.3, -0.25) is 4.79 Å². The summed E-state index contributed by atoms with van der Waals surface area (Å²) >= 11 is 0. The fraction of sp³-hybridized carbons (Fsp3) is 0.692. The van der Waals surface area contributed by atoms with E-state index in [4.69, 9.17) is 4.42 Å². The Balaban J connectivity index is 2.62. The zero-order chi connectivity index (χ0) is 12.8. The lowest BCUT2D eigenvalue weighted by Crippen LogP contribution is -2.25. The van der Waals surface area contributed by atoms with E-state index in [2.05, 4.69) is 17.2 Å². The van der Waals surface area contributed by atoms with Crippen molar-refractivity contribution in [3.8, 4) is 0 Å². The van der Waals surface area contributed by atoms with Gasteiger partial charge in [0.25, 0.3) is 5.91 Å². The Labute approximate surface area is 103 Å². The third-order valence-corrected chi connectivity index (χ3v) is 2.58. The summed E-state index contributed by atoms with van der Waals surface area (Å²) in [4.78, 5) is 16.1. The molecule has 0 saturated carbocycles. The molecule has 96 valence electrons. The van der Waals surface area contributed by atoms with Gasteiger partial charge in [-0.15, -0.1) is 0 Å². The number of nitrogens with zero attached hydrogens (tertiary/aromatic N) is 1. The summed E-state index contributed by atoms with van der Waals surface area (Å²) in [5.41, 5.74) is 0.746. The molecule has 0 bridgehead atoms. The molecule has 1 aromatic rings. The van der Waals surface area contributed by atoms with Gasteiger partial charge in [0.1, 0.15) is 0 Å². The van der Waals surface area contributed by atoms with E-state index in [1.165, 1.54) is 0 Å². The summed E-state index contributed by atoms with van der Waals surface area (Å²) < 4.78 is 5.37. The van der Waals surface area contributed by atoms with Crippen molar-refractivity contribution < 1.29 is 9.21 Å². The SMILES string of the molecule is CCCCCNC(=O)c1oc(C)nc1C(C)C. The van der Waals surface area contributed by atoms with Crippen LogP contribution in [0.2, 0.25) is 0 Å². The highest BCUT2D eigenvalue weighted by atomic mass is 16.4. The van der Waals surface area contributed by atoms with E-state index in [0.29, 0.717) is 18.2 Å². The lowest BCUT2D eigenvalue weighted by molar-refractivity contribution is 0.0922. The smallest absolute Gasteiger partial charge is 0.289 e. The quantitative estimate of drug-likeness (QED) is 0.775. The monoisotopic (exact) mass is 238 g/mol. The second kappa shape index (κ2) is 6.42. The summed E-state index contributed by atoms with van der Waals surface area (Å²) in [6.45, 7) is 8.61. The van der Waals surface area contributed by atoms with Crippen LogP contribution in [0, 0.1) is 6.92 Å². The maximum atomic E-state index is 11.9. The van der Waals surface area contributed by atoms with E-state index in [-0.39, 0.29) is 11.8 Å². The van der Waals surface area contributed by atoms with E-state index in [9.17, 15) is 4.79 Å². The predicted octanol–water partition coefficient (Wildman–Crippen LogP) is 3.03. The van der Waals surface area contributed by atoms with Gasteiger partial charge in [-0.2, -0.15) is 0 Å². The van der Waals surface area contributed by atoms with Crippen LogP contribution in [0.1, 0.15) is 68.1 Å². The van der Waals surface area contributed by atoms with Crippen molar-refractivity contribution in [1.29, 1.82) is 0 Å². The van der Waals surface area contributed by atoms with Gasteiger partial charge in [-0.05, 0) is 12.3 Å². The van der Waals surface area contributed by atoms with E-state index in [1.54, 1.807) is 6.92 Å². The van der Waals surface area contributed by atoms with Gasteiger partial charge in [0.05, 0.1) is 5.69 Å². The summed E-state index contributed by atoms with van der Waals surface area (Å²) in [6, 6.07) is 0. The number of carbonyl (C=O) groups excluding carboxylic acids is 1. The highest BCUT2D eigenvalue weighted by Crippen LogP contribution is 2.19. The molecule has 1 rings (SSSR count). The number of hydrogen-bond donors (Lipinski definition) is 1. The lowest BCUT2D eigenvalue weighted by atomic mass is 10.1. The predicted molar refractivity (Wildman–Crippen MR) is 67.2 cm³/mol. The van der Waals surface area contributed by atoms with Crippen LogP contribution < -0.4 is 5.32 Å². The number of oxazole rings is 1. The van der Waals surface area contributed by atoms with Crippen LogP contribution in [0.4, 0.5) is 0 Å². The Hall–Kier alpha value is -1.32. The van der Waals surface area contributed by atoms with Crippen LogP contribution in [-0.2, 0) is 0 Å². The number of hydrogen-bond acceptors (Lipinski definition) is 3. The number of rotatable bonds is 6. The minimum Gasteiger partial charge on any atom is -0.436 e. The largest absolute Gasteiger partial charge is 0.436 e. The minimum absolute atomic E-state index is 0.148. The third kappa shape index (κ3) is 3.88. The standard InChI is InChI=1S/C13H22N2O2/c1-5-6-7-8-14-13(16)12-11(9(2)3)15-10(4)17-12/h9H,5-8H2,1-4H3,(H,14,16). The van der Waals surface area contributed by atoms with Crippen LogP contribution in [0.3, 0.4) is 0 Å². The zero-order valence-corrected chi connectivity index (χ0v) is 11.2. The summed E-state index contributed by atoms with van der Waals surface area (Å²) in [6.07, 6.45) is 3.29. The first-order valence-electron chi connectivity index (χ1n) is 6.31. The van der Waals surface area contributed by atoms with Gasteiger partial charge < -0.3 is 9.73 Å². The van der Waals surface area contributed by atoms with Crippen LogP contribution >= 0.6 is 0 Å². The number of nitrogens with one attached hydrogen (secondary N) is 1. The number of amides is 1. The second-order valence-corrected chi connectivity index (χ2v) is 4.56. The highest BCUT2D eigenvalue weighted by Gasteiger charge is 2.20. The molecule has 0 fully saturated rings. The van der Waals surface area contributed by atoms with E-state index in [1.807, 2.05) is 13.8 Å². The molecule has 4 nitrogen and oxygen atoms in total. The van der Waals surface area contributed by atoms with E-state index >= 15 is 0 Å². The molecule has 0 unspecified atom stereocenters. The van der Waals surface area contributed by atoms with E-state index < -0.39 is 0 Å². The molecule has 1 heterocycles. The molecule has 0 spiro atoms. The fourth-order valence-corrected chi connectivity index (χ4v) is 1.65. The molecule has 0 aromatic carbocycles. The average molecular weight is 238 g/mol. The number of aromatic nitrogens is 1. The molecule has 0 aliphatic carbocycles. The topological polar surface area (TPSA) is 55.1 Å². The van der Waals surface area contributed by atoms with Gasteiger partial charge in [0, 0.05) is 13.5 Å². The van der Waals surface area contributed by atoms with Gasteiger partial charge in [-0.1, -0.05) is 33.6 Å². The lowest BCUT2D eigenvalue weighted by Gasteiger charge is -2.05. The maximum absolute atomic E-state index is 11.9. The molecule has 4 heteroatoms. The van der Waals surface area contributed by atoms with Crippen molar-refractivity contribution in [2.75, 3.05) is 6.54 Å². The van der Waals surface area contributed by atoms with Crippen molar-refractivity contribution >= 4 is 5.91 Å². The van der Waals surface area contributed by atoms with Gasteiger partial charge in [-0.25, -0.2) is 4.98 Å². The Bertz CT molecular complexity index is 369. The molecule has 0 radical (unpaired) electrons. The molecular weight excluding hydrogens is 216 g/mol. The highest BCUT2D eigenvalue weighted by molar-refractivity contribution is 5.92. The molecule has 0 saturated heterocycles.